The molecule has 0 bridgehead atoms. The van der Waals surface area contributed by atoms with Crippen LogP contribution in [0.4, 0.5) is 0 Å². The SMILES string of the molecule is CC(=O)NCc1cc2cc(Cl)c(-c3cnco3)cc2[nH]1. The summed E-state index contributed by atoms with van der Waals surface area (Å²) in [6.45, 7) is 1.95. The monoisotopic (exact) mass is 289 g/mol. The molecule has 3 aromatic rings. The van der Waals surface area contributed by atoms with Gasteiger partial charge in [0.05, 0.1) is 17.8 Å². The first-order valence-electron chi connectivity index (χ1n) is 6.08. The zero-order chi connectivity index (χ0) is 14.1. The number of fused-ring (bicyclic) bond motifs is 1. The Morgan fingerprint density at radius 3 is 3.00 bits per heavy atom. The van der Waals surface area contributed by atoms with Crippen LogP contribution in [0.2, 0.25) is 5.02 Å². The third kappa shape index (κ3) is 2.40. The number of amides is 1. The second-order valence-electron chi connectivity index (χ2n) is 4.49. The fourth-order valence-corrected chi connectivity index (χ4v) is 2.33. The highest BCUT2D eigenvalue weighted by atomic mass is 35.5. The van der Waals surface area contributed by atoms with Gasteiger partial charge in [0.15, 0.2) is 12.2 Å². The highest BCUT2D eigenvalue weighted by Crippen LogP contribution is 2.32. The summed E-state index contributed by atoms with van der Waals surface area (Å²) in [5.41, 5.74) is 2.63. The zero-order valence-corrected chi connectivity index (χ0v) is 11.5. The minimum atomic E-state index is -0.0657. The van der Waals surface area contributed by atoms with Gasteiger partial charge >= 0.3 is 0 Å². The topological polar surface area (TPSA) is 70.9 Å². The Hall–Kier alpha value is -2.27. The van der Waals surface area contributed by atoms with Crippen LogP contribution in [-0.2, 0) is 11.3 Å². The first-order chi connectivity index (χ1) is 9.63. The maximum Gasteiger partial charge on any atom is 0.217 e. The molecule has 0 radical (unpaired) electrons. The normalized spacial score (nSPS) is 10.9. The van der Waals surface area contributed by atoms with Crippen LogP contribution in [0.25, 0.3) is 22.2 Å². The molecule has 0 aliphatic carbocycles. The van der Waals surface area contributed by atoms with Crippen LogP contribution in [-0.4, -0.2) is 15.9 Å². The summed E-state index contributed by atoms with van der Waals surface area (Å²) in [6, 6.07) is 5.74. The first-order valence-corrected chi connectivity index (χ1v) is 6.46. The van der Waals surface area contributed by atoms with Crippen molar-refractivity contribution < 1.29 is 9.21 Å². The lowest BCUT2D eigenvalue weighted by Gasteiger charge is -2.00. The molecule has 5 nitrogen and oxygen atoms in total. The summed E-state index contributed by atoms with van der Waals surface area (Å²) < 4.78 is 5.27. The number of nitrogens with zero attached hydrogens (tertiary/aromatic N) is 1. The van der Waals surface area contributed by atoms with E-state index in [9.17, 15) is 4.79 Å². The van der Waals surface area contributed by atoms with Gasteiger partial charge in [-0.3, -0.25) is 4.79 Å². The maximum atomic E-state index is 10.9. The molecule has 0 aliphatic rings. The summed E-state index contributed by atoms with van der Waals surface area (Å²) in [7, 11) is 0. The fraction of sp³-hybridized carbons (Fsp3) is 0.143. The Labute approximate surface area is 120 Å². The molecule has 2 aromatic heterocycles. The molecule has 0 saturated heterocycles. The van der Waals surface area contributed by atoms with Crippen LogP contribution in [0, 0.1) is 0 Å². The van der Waals surface area contributed by atoms with Crippen LogP contribution in [0.5, 0.6) is 0 Å². The number of rotatable bonds is 3. The molecule has 102 valence electrons. The maximum absolute atomic E-state index is 10.9. The van der Waals surface area contributed by atoms with Gasteiger partial charge in [0.25, 0.3) is 0 Å². The summed E-state index contributed by atoms with van der Waals surface area (Å²) in [5, 5.41) is 4.33. The lowest BCUT2D eigenvalue weighted by molar-refractivity contribution is -0.119. The van der Waals surface area contributed by atoms with Crippen molar-refractivity contribution in [2.75, 3.05) is 0 Å². The molecule has 2 N–H and O–H groups in total. The predicted octanol–water partition coefficient (Wildman–Crippen LogP) is 3.11. The molecule has 1 aromatic carbocycles. The van der Waals surface area contributed by atoms with Gasteiger partial charge in [-0.05, 0) is 18.2 Å². The number of oxazole rings is 1. The molecule has 1 amide bonds. The standard InChI is InChI=1S/C14H12ClN3O2/c1-8(19)17-5-10-2-9-3-12(15)11(4-13(9)18-10)14-6-16-7-20-14/h2-4,6-7,18H,5H2,1H3,(H,17,19). The molecule has 0 fully saturated rings. The quantitative estimate of drug-likeness (QED) is 0.778. The molecule has 0 spiro atoms. The van der Waals surface area contributed by atoms with Gasteiger partial charge in [-0.25, -0.2) is 4.98 Å². The summed E-state index contributed by atoms with van der Waals surface area (Å²) in [4.78, 5) is 18.1. The van der Waals surface area contributed by atoms with Crippen molar-refractivity contribution in [1.82, 2.24) is 15.3 Å². The molecule has 0 atom stereocenters. The Bertz CT molecular complexity index is 762. The van der Waals surface area contributed by atoms with Gasteiger partial charge in [0, 0.05) is 29.1 Å². The molecule has 6 heteroatoms. The van der Waals surface area contributed by atoms with Gasteiger partial charge in [-0.1, -0.05) is 11.6 Å². The minimum Gasteiger partial charge on any atom is -0.443 e. The smallest absolute Gasteiger partial charge is 0.217 e. The van der Waals surface area contributed by atoms with Gasteiger partial charge < -0.3 is 14.7 Å². The van der Waals surface area contributed by atoms with E-state index in [-0.39, 0.29) is 5.91 Å². The third-order valence-electron chi connectivity index (χ3n) is 2.99. The van der Waals surface area contributed by atoms with Gasteiger partial charge in [0.1, 0.15) is 0 Å². The average molecular weight is 290 g/mol. The number of aromatic amines is 1. The van der Waals surface area contributed by atoms with Gasteiger partial charge in [0.2, 0.25) is 5.91 Å². The lowest BCUT2D eigenvalue weighted by Crippen LogP contribution is -2.18. The van der Waals surface area contributed by atoms with Crippen molar-refractivity contribution >= 4 is 28.4 Å². The fourth-order valence-electron chi connectivity index (χ4n) is 2.07. The first kappa shape index (κ1) is 12.7. The van der Waals surface area contributed by atoms with E-state index in [1.807, 2.05) is 18.2 Å². The number of hydrogen-bond acceptors (Lipinski definition) is 3. The number of halogens is 1. The Morgan fingerprint density at radius 2 is 2.30 bits per heavy atom. The predicted molar refractivity (Wildman–Crippen MR) is 76.3 cm³/mol. The van der Waals surface area contributed by atoms with E-state index in [2.05, 4.69) is 15.3 Å². The van der Waals surface area contributed by atoms with Gasteiger partial charge in [-0.15, -0.1) is 0 Å². The van der Waals surface area contributed by atoms with E-state index in [0.29, 0.717) is 17.3 Å². The highest BCUT2D eigenvalue weighted by molar-refractivity contribution is 6.34. The lowest BCUT2D eigenvalue weighted by atomic mass is 10.1. The third-order valence-corrected chi connectivity index (χ3v) is 3.30. The number of nitrogens with one attached hydrogen (secondary N) is 2. The van der Waals surface area contributed by atoms with Crippen molar-refractivity contribution in [2.24, 2.45) is 0 Å². The zero-order valence-electron chi connectivity index (χ0n) is 10.7. The Morgan fingerprint density at radius 1 is 1.45 bits per heavy atom. The number of H-pyrrole nitrogens is 1. The summed E-state index contributed by atoms with van der Waals surface area (Å²) >= 11 is 6.26. The molecule has 0 aliphatic heterocycles. The minimum absolute atomic E-state index is 0.0657. The number of aromatic nitrogens is 2. The molecule has 20 heavy (non-hydrogen) atoms. The van der Waals surface area contributed by atoms with Crippen LogP contribution >= 0.6 is 11.6 Å². The largest absolute Gasteiger partial charge is 0.443 e. The van der Waals surface area contributed by atoms with E-state index in [4.69, 9.17) is 16.0 Å². The van der Waals surface area contributed by atoms with E-state index in [1.165, 1.54) is 13.3 Å². The van der Waals surface area contributed by atoms with Crippen LogP contribution in [0.1, 0.15) is 12.6 Å². The van der Waals surface area contributed by atoms with Crippen molar-refractivity contribution in [3.63, 3.8) is 0 Å². The van der Waals surface area contributed by atoms with Crippen molar-refractivity contribution in [1.29, 1.82) is 0 Å². The van der Waals surface area contributed by atoms with Crippen molar-refractivity contribution in [3.05, 3.63) is 41.5 Å². The van der Waals surface area contributed by atoms with Crippen LogP contribution in [0.15, 0.2) is 35.2 Å². The molecular weight excluding hydrogens is 278 g/mol. The van der Waals surface area contributed by atoms with Crippen LogP contribution in [0.3, 0.4) is 0 Å². The van der Waals surface area contributed by atoms with Gasteiger partial charge in [-0.2, -0.15) is 0 Å². The van der Waals surface area contributed by atoms with Crippen molar-refractivity contribution in [3.8, 4) is 11.3 Å². The molecule has 2 heterocycles. The second-order valence-corrected chi connectivity index (χ2v) is 4.90. The number of benzene rings is 1. The Kier molecular flexibility index (Phi) is 3.20. The second kappa shape index (κ2) is 5.02. The van der Waals surface area contributed by atoms with Crippen molar-refractivity contribution in [2.45, 2.75) is 13.5 Å². The summed E-state index contributed by atoms with van der Waals surface area (Å²) in [6.07, 6.45) is 2.99. The van der Waals surface area contributed by atoms with Crippen LogP contribution < -0.4 is 5.32 Å². The van der Waals surface area contributed by atoms with E-state index in [0.717, 1.165) is 22.2 Å². The molecular formula is C14H12ClN3O2. The number of carbonyl (C=O) groups excluding carboxylic acids is 1. The van der Waals surface area contributed by atoms with E-state index < -0.39 is 0 Å². The Balaban J connectivity index is 2.00. The molecule has 0 unspecified atom stereocenters. The molecule has 3 rings (SSSR count). The number of hydrogen-bond donors (Lipinski definition) is 2. The summed E-state index contributed by atoms with van der Waals surface area (Å²) in [5.74, 6) is 0.555. The van der Waals surface area contributed by atoms with E-state index in [1.54, 1.807) is 6.20 Å². The molecule has 0 saturated carbocycles. The number of carbonyl (C=O) groups is 1. The highest BCUT2D eigenvalue weighted by Gasteiger charge is 2.10. The average Bonchev–Trinajstić information content (AvgIpc) is 3.03. The van der Waals surface area contributed by atoms with E-state index >= 15 is 0 Å².